The van der Waals surface area contributed by atoms with Gasteiger partial charge in [-0.15, -0.1) is 0 Å². The summed E-state index contributed by atoms with van der Waals surface area (Å²) >= 11 is 0. The number of nitrogens with zero attached hydrogens (tertiary/aromatic N) is 1. The van der Waals surface area contributed by atoms with E-state index < -0.39 is 0 Å². The van der Waals surface area contributed by atoms with Gasteiger partial charge in [-0.3, -0.25) is 4.79 Å². The number of rotatable bonds is 4. The van der Waals surface area contributed by atoms with E-state index in [0.29, 0.717) is 17.6 Å². The Kier molecular flexibility index (Phi) is 4.39. The number of hydrogen-bond donors (Lipinski definition) is 2. The number of pyridine rings is 1. The molecule has 0 bridgehead atoms. The largest absolute Gasteiger partial charge is 0.480 e. The molecule has 5 heteroatoms. The van der Waals surface area contributed by atoms with Gasteiger partial charge in [0.2, 0.25) is 0 Å². The van der Waals surface area contributed by atoms with E-state index in [-0.39, 0.29) is 12.5 Å². The number of carbonyl (C=O) groups excluding carboxylic acids is 1. The highest BCUT2D eigenvalue weighted by molar-refractivity contribution is 5.78. The summed E-state index contributed by atoms with van der Waals surface area (Å²) in [6.07, 6.45) is 7.39. The van der Waals surface area contributed by atoms with Crippen LogP contribution in [-0.4, -0.2) is 23.5 Å². The normalized spacial score (nSPS) is 16.2. The highest BCUT2D eigenvalue weighted by atomic mass is 16.5. The highest BCUT2D eigenvalue weighted by Crippen LogP contribution is 2.18. The van der Waals surface area contributed by atoms with E-state index in [1.807, 2.05) is 0 Å². The number of nitrogens with one attached hydrogen (secondary N) is 1. The van der Waals surface area contributed by atoms with Crippen LogP contribution >= 0.6 is 0 Å². The standard InChI is InChI=1S/C13H19N3O2/c14-13-11(7-4-8-15-13)18-9-12(17)16-10-5-2-1-3-6-10/h4,7-8,10H,1-3,5-6,9H2,(H2,14,15)(H,16,17). The molecular formula is C13H19N3O2. The Hall–Kier alpha value is -1.78. The van der Waals surface area contributed by atoms with E-state index in [1.54, 1.807) is 18.3 Å². The molecule has 0 aromatic carbocycles. The Morgan fingerprint density at radius 1 is 1.44 bits per heavy atom. The maximum Gasteiger partial charge on any atom is 0.258 e. The van der Waals surface area contributed by atoms with E-state index in [4.69, 9.17) is 10.5 Å². The lowest BCUT2D eigenvalue weighted by atomic mass is 9.95. The average molecular weight is 249 g/mol. The number of nitrogens with two attached hydrogens (primary N) is 1. The molecule has 98 valence electrons. The van der Waals surface area contributed by atoms with Crippen LogP contribution in [0.1, 0.15) is 32.1 Å². The first kappa shape index (κ1) is 12.7. The molecule has 1 fully saturated rings. The minimum absolute atomic E-state index is 0.00755. The Morgan fingerprint density at radius 3 is 2.94 bits per heavy atom. The second-order valence-corrected chi connectivity index (χ2v) is 4.58. The molecule has 1 saturated carbocycles. The van der Waals surface area contributed by atoms with Crippen LogP contribution < -0.4 is 15.8 Å². The fourth-order valence-corrected chi connectivity index (χ4v) is 2.18. The Labute approximate surface area is 107 Å². The first-order valence-corrected chi connectivity index (χ1v) is 6.38. The molecule has 1 aliphatic rings. The molecule has 0 radical (unpaired) electrons. The Morgan fingerprint density at radius 2 is 2.22 bits per heavy atom. The van der Waals surface area contributed by atoms with Crippen LogP contribution in [0.25, 0.3) is 0 Å². The summed E-state index contributed by atoms with van der Waals surface area (Å²) in [4.78, 5) is 15.6. The summed E-state index contributed by atoms with van der Waals surface area (Å²) in [5.41, 5.74) is 5.62. The molecule has 2 rings (SSSR count). The van der Waals surface area contributed by atoms with Crippen molar-refractivity contribution in [1.82, 2.24) is 10.3 Å². The van der Waals surface area contributed by atoms with Crippen molar-refractivity contribution in [1.29, 1.82) is 0 Å². The van der Waals surface area contributed by atoms with Gasteiger partial charge in [-0.2, -0.15) is 0 Å². The van der Waals surface area contributed by atoms with Gasteiger partial charge in [0, 0.05) is 12.2 Å². The predicted octanol–water partition coefficient (Wildman–Crippen LogP) is 1.49. The Bertz CT molecular complexity index is 403. The quantitative estimate of drug-likeness (QED) is 0.847. The molecule has 0 saturated heterocycles. The van der Waals surface area contributed by atoms with E-state index in [2.05, 4.69) is 10.3 Å². The van der Waals surface area contributed by atoms with Gasteiger partial charge in [0.25, 0.3) is 5.91 Å². The fourth-order valence-electron chi connectivity index (χ4n) is 2.18. The number of hydrogen-bond acceptors (Lipinski definition) is 4. The summed E-state index contributed by atoms with van der Waals surface area (Å²) in [6, 6.07) is 3.74. The zero-order valence-corrected chi connectivity index (χ0v) is 10.4. The van der Waals surface area contributed by atoms with Crippen molar-refractivity contribution in [2.75, 3.05) is 12.3 Å². The molecule has 1 aromatic heterocycles. The van der Waals surface area contributed by atoms with Crippen molar-refractivity contribution in [3.8, 4) is 5.75 Å². The second-order valence-electron chi connectivity index (χ2n) is 4.58. The average Bonchev–Trinajstić information content (AvgIpc) is 2.39. The van der Waals surface area contributed by atoms with Gasteiger partial charge in [-0.1, -0.05) is 19.3 Å². The molecule has 1 aromatic rings. The van der Waals surface area contributed by atoms with Gasteiger partial charge in [0.05, 0.1) is 0 Å². The molecule has 0 aliphatic heterocycles. The third-order valence-corrected chi connectivity index (χ3v) is 3.13. The van der Waals surface area contributed by atoms with Crippen molar-refractivity contribution in [3.05, 3.63) is 18.3 Å². The first-order chi connectivity index (χ1) is 8.75. The summed E-state index contributed by atoms with van der Waals surface area (Å²) in [5, 5.41) is 2.98. The summed E-state index contributed by atoms with van der Waals surface area (Å²) < 4.78 is 5.34. The molecule has 0 atom stereocenters. The summed E-state index contributed by atoms with van der Waals surface area (Å²) in [6.45, 7) is -0.00755. The van der Waals surface area contributed by atoms with Crippen LogP contribution in [0.4, 0.5) is 5.82 Å². The van der Waals surface area contributed by atoms with Gasteiger partial charge in [-0.05, 0) is 25.0 Å². The van der Waals surface area contributed by atoms with E-state index in [0.717, 1.165) is 12.8 Å². The number of amides is 1. The molecule has 3 N–H and O–H groups in total. The summed E-state index contributed by atoms with van der Waals surface area (Å²) in [7, 11) is 0. The zero-order chi connectivity index (χ0) is 12.8. The van der Waals surface area contributed by atoms with Gasteiger partial charge < -0.3 is 15.8 Å². The molecule has 1 aliphatic carbocycles. The second kappa shape index (κ2) is 6.23. The third-order valence-electron chi connectivity index (χ3n) is 3.13. The third kappa shape index (κ3) is 3.61. The van der Waals surface area contributed by atoms with Gasteiger partial charge in [0.1, 0.15) is 0 Å². The number of ether oxygens (including phenoxy) is 1. The lowest BCUT2D eigenvalue weighted by molar-refractivity contribution is -0.124. The maximum absolute atomic E-state index is 11.7. The van der Waals surface area contributed by atoms with Crippen LogP contribution in [0, 0.1) is 0 Å². The van der Waals surface area contributed by atoms with Crippen LogP contribution in [0.3, 0.4) is 0 Å². The Balaban J connectivity index is 1.76. The zero-order valence-electron chi connectivity index (χ0n) is 10.4. The smallest absolute Gasteiger partial charge is 0.258 e. The lowest BCUT2D eigenvalue weighted by Gasteiger charge is -2.22. The van der Waals surface area contributed by atoms with Gasteiger partial charge in [0.15, 0.2) is 18.2 Å². The SMILES string of the molecule is Nc1ncccc1OCC(=O)NC1CCCCC1. The predicted molar refractivity (Wildman–Crippen MR) is 69.2 cm³/mol. The molecular weight excluding hydrogens is 230 g/mol. The molecule has 0 unspecified atom stereocenters. The number of anilines is 1. The van der Waals surface area contributed by atoms with E-state index in [9.17, 15) is 4.79 Å². The molecule has 0 spiro atoms. The monoisotopic (exact) mass is 249 g/mol. The highest BCUT2D eigenvalue weighted by Gasteiger charge is 2.15. The van der Waals surface area contributed by atoms with Crippen molar-refractivity contribution in [2.45, 2.75) is 38.1 Å². The van der Waals surface area contributed by atoms with Crippen molar-refractivity contribution in [2.24, 2.45) is 0 Å². The molecule has 1 heterocycles. The number of nitrogen functional groups attached to an aromatic ring is 1. The first-order valence-electron chi connectivity index (χ1n) is 6.38. The maximum atomic E-state index is 11.7. The van der Waals surface area contributed by atoms with Crippen molar-refractivity contribution in [3.63, 3.8) is 0 Å². The molecule has 18 heavy (non-hydrogen) atoms. The minimum Gasteiger partial charge on any atom is -0.480 e. The summed E-state index contributed by atoms with van der Waals surface area (Å²) in [5.74, 6) is 0.671. The molecule has 5 nitrogen and oxygen atoms in total. The van der Waals surface area contributed by atoms with Crippen LogP contribution in [-0.2, 0) is 4.79 Å². The number of aromatic nitrogens is 1. The van der Waals surface area contributed by atoms with Crippen LogP contribution in [0.5, 0.6) is 5.75 Å². The fraction of sp³-hybridized carbons (Fsp3) is 0.538. The van der Waals surface area contributed by atoms with Crippen LogP contribution in [0.15, 0.2) is 18.3 Å². The van der Waals surface area contributed by atoms with Crippen molar-refractivity contribution < 1.29 is 9.53 Å². The van der Waals surface area contributed by atoms with Gasteiger partial charge >= 0.3 is 0 Å². The van der Waals surface area contributed by atoms with E-state index >= 15 is 0 Å². The number of carbonyl (C=O) groups is 1. The van der Waals surface area contributed by atoms with Gasteiger partial charge in [-0.25, -0.2) is 4.98 Å². The molecule has 1 amide bonds. The van der Waals surface area contributed by atoms with E-state index in [1.165, 1.54) is 19.3 Å². The minimum atomic E-state index is -0.0925. The lowest BCUT2D eigenvalue weighted by Crippen LogP contribution is -2.39. The van der Waals surface area contributed by atoms with Crippen LogP contribution in [0.2, 0.25) is 0 Å². The topological polar surface area (TPSA) is 77.2 Å². The van der Waals surface area contributed by atoms with Crippen molar-refractivity contribution >= 4 is 11.7 Å².